The fraction of sp³-hybridized carbons (Fsp3) is 0.371. The van der Waals surface area contributed by atoms with Crippen LogP contribution in [0.1, 0.15) is 79.1 Å². The van der Waals surface area contributed by atoms with E-state index in [1.54, 1.807) is 0 Å². The fourth-order valence-electron chi connectivity index (χ4n) is 6.80. The third-order valence-electron chi connectivity index (χ3n) is 9.34. The van der Waals surface area contributed by atoms with Crippen molar-refractivity contribution in [3.8, 4) is 22.6 Å². The molecule has 2 saturated carbocycles. The Morgan fingerprint density at radius 2 is 1.65 bits per heavy atom. The number of hydrogen-bond acceptors (Lipinski definition) is 5. The molecule has 7 rings (SSSR count). The van der Waals surface area contributed by atoms with Gasteiger partial charge in [0.25, 0.3) is 0 Å². The largest absolute Gasteiger partial charge is 0.481 e. The molecule has 2 N–H and O–H groups in total. The van der Waals surface area contributed by atoms with Crippen LogP contribution in [-0.2, 0) is 18.4 Å². The van der Waals surface area contributed by atoms with E-state index in [1.807, 2.05) is 53.3 Å². The molecule has 43 heavy (non-hydrogen) atoms. The van der Waals surface area contributed by atoms with Crippen molar-refractivity contribution >= 4 is 16.9 Å². The minimum Gasteiger partial charge on any atom is -0.481 e. The Morgan fingerprint density at radius 1 is 0.907 bits per heavy atom. The van der Waals surface area contributed by atoms with Gasteiger partial charge in [-0.3, -0.25) is 14.5 Å². The summed E-state index contributed by atoms with van der Waals surface area (Å²) in [6.45, 7) is 2.42. The highest BCUT2D eigenvalue weighted by atomic mass is 16.4. The number of aromatic nitrogens is 5. The molecule has 0 unspecified atom stereocenters. The minimum atomic E-state index is -0.678. The van der Waals surface area contributed by atoms with Crippen molar-refractivity contribution in [2.45, 2.75) is 69.9 Å². The molecule has 0 saturated heterocycles. The summed E-state index contributed by atoms with van der Waals surface area (Å²) < 4.78 is 4.08. The van der Waals surface area contributed by atoms with Crippen molar-refractivity contribution in [1.82, 2.24) is 24.3 Å². The molecule has 0 radical (unpaired) electrons. The van der Waals surface area contributed by atoms with Crippen LogP contribution in [-0.4, -0.2) is 40.5 Å². The van der Waals surface area contributed by atoms with Gasteiger partial charge in [-0.25, -0.2) is 4.98 Å². The number of imidazole rings is 1. The first-order valence-corrected chi connectivity index (χ1v) is 15.3. The summed E-state index contributed by atoms with van der Waals surface area (Å²) in [5.41, 5.74) is 8.06. The first kappa shape index (κ1) is 27.5. The minimum absolute atomic E-state index is 0.228. The average molecular weight is 576 g/mol. The molecule has 0 spiro atoms. The molecule has 0 aliphatic heterocycles. The lowest BCUT2D eigenvalue weighted by atomic mass is 9.80. The van der Waals surface area contributed by atoms with E-state index >= 15 is 0 Å². The van der Waals surface area contributed by atoms with Gasteiger partial charge in [0.15, 0.2) is 0 Å². The van der Waals surface area contributed by atoms with Crippen molar-refractivity contribution in [3.05, 3.63) is 89.5 Å². The van der Waals surface area contributed by atoms with Crippen molar-refractivity contribution in [2.75, 3.05) is 0 Å². The number of carboxylic acid groups (broad SMARTS) is 1. The van der Waals surface area contributed by atoms with E-state index < -0.39 is 12.1 Å². The van der Waals surface area contributed by atoms with Crippen LogP contribution in [0, 0.1) is 12.8 Å². The van der Waals surface area contributed by atoms with Crippen LogP contribution < -0.4 is 0 Å². The predicted molar refractivity (Wildman–Crippen MR) is 166 cm³/mol. The van der Waals surface area contributed by atoms with Crippen LogP contribution >= 0.6 is 0 Å². The third-order valence-corrected chi connectivity index (χ3v) is 9.34. The van der Waals surface area contributed by atoms with Crippen LogP contribution in [0.3, 0.4) is 0 Å². The smallest absolute Gasteiger partial charge is 0.306 e. The molecule has 2 fully saturated rings. The van der Waals surface area contributed by atoms with Gasteiger partial charge in [-0.1, -0.05) is 42.5 Å². The standard InChI is InChI=1S/C35H37N5O3/c1-21-26(17-18-29(36-21)22-11-15-25(16-12-22)35(42)43)34-37-32(33(39(34)2)24-13-14-24)27-9-6-10-30-28(27)19-40(38-30)20-31(41)23-7-4-3-5-8-23/h3-10,17-19,22,24-25,31,41H,11-16,20H2,1-2H3,(H,42,43)/t22?,25?,31-/m0/s1. The van der Waals surface area contributed by atoms with Gasteiger partial charge in [0.2, 0.25) is 0 Å². The zero-order chi connectivity index (χ0) is 29.7. The van der Waals surface area contributed by atoms with E-state index in [9.17, 15) is 15.0 Å². The predicted octanol–water partition coefficient (Wildman–Crippen LogP) is 6.78. The Labute approximate surface area is 251 Å². The van der Waals surface area contributed by atoms with E-state index in [1.165, 1.54) is 5.69 Å². The van der Waals surface area contributed by atoms with Crippen molar-refractivity contribution in [1.29, 1.82) is 0 Å². The van der Waals surface area contributed by atoms with Crippen molar-refractivity contribution in [2.24, 2.45) is 13.0 Å². The van der Waals surface area contributed by atoms with E-state index in [4.69, 9.17) is 15.1 Å². The number of rotatable bonds is 8. The number of aryl methyl sites for hydroxylation is 1. The Hall–Kier alpha value is -4.30. The lowest BCUT2D eigenvalue weighted by Gasteiger charge is -2.26. The number of aliphatic hydroxyl groups excluding tert-OH is 1. The molecule has 5 aromatic rings. The van der Waals surface area contributed by atoms with Gasteiger partial charge in [0, 0.05) is 58.7 Å². The molecule has 220 valence electrons. The third kappa shape index (κ3) is 5.25. The maximum Gasteiger partial charge on any atom is 0.306 e. The number of benzene rings is 2. The van der Waals surface area contributed by atoms with Gasteiger partial charge in [0.1, 0.15) is 5.82 Å². The molecule has 1 atom stereocenters. The quantitative estimate of drug-likeness (QED) is 0.211. The zero-order valence-electron chi connectivity index (χ0n) is 24.6. The van der Waals surface area contributed by atoms with Crippen LogP contribution in [0.25, 0.3) is 33.5 Å². The summed E-state index contributed by atoms with van der Waals surface area (Å²) in [6, 6.07) is 20.1. The van der Waals surface area contributed by atoms with E-state index in [2.05, 4.69) is 36.7 Å². The summed E-state index contributed by atoms with van der Waals surface area (Å²) in [6.07, 6.45) is 6.84. The maximum absolute atomic E-state index is 11.4. The van der Waals surface area contributed by atoms with Crippen LogP contribution in [0.5, 0.6) is 0 Å². The van der Waals surface area contributed by atoms with Gasteiger partial charge in [-0.05, 0) is 69.2 Å². The summed E-state index contributed by atoms with van der Waals surface area (Å²) in [4.78, 5) is 21.7. The van der Waals surface area contributed by atoms with Crippen molar-refractivity contribution < 1.29 is 15.0 Å². The number of carbonyl (C=O) groups is 1. The van der Waals surface area contributed by atoms with Gasteiger partial charge in [-0.15, -0.1) is 0 Å². The molecular weight excluding hydrogens is 538 g/mol. The summed E-state index contributed by atoms with van der Waals surface area (Å²) in [5, 5.41) is 26.0. The number of pyridine rings is 1. The molecule has 2 aliphatic rings. The van der Waals surface area contributed by atoms with Gasteiger partial charge in [0.05, 0.1) is 29.8 Å². The molecule has 0 amide bonds. The first-order valence-electron chi connectivity index (χ1n) is 15.3. The van der Waals surface area contributed by atoms with E-state index in [-0.39, 0.29) is 5.92 Å². The summed E-state index contributed by atoms with van der Waals surface area (Å²) in [7, 11) is 2.11. The van der Waals surface area contributed by atoms with E-state index in [0.29, 0.717) is 31.2 Å². The number of fused-ring (bicyclic) bond motifs is 1. The summed E-state index contributed by atoms with van der Waals surface area (Å²) >= 11 is 0. The Kier molecular flexibility index (Phi) is 7.09. The number of aliphatic carboxylic acids is 1. The van der Waals surface area contributed by atoms with Gasteiger partial charge >= 0.3 is 5.97 Å². The Balaban J connectivity index is 1.22. The van der Waals surface area contributed by atoms with Gasteiger partial charge < -0.3 is 14.8 Å². The average Bonchev–Trinajstić information content (AvgIpc) is 3.68. The maximum atomic E-state index is 11.4. The second-order valence-corrected chi connectivity index (χ2v) is 12.3. The molecule has 3 aromatic heterocycles. The number of aliphatic hydroxyl groups is 1. The van der Waals surface area contributed by atoms with Crippen LogP contribution in [0.15, 0.2) is 66.9 Å². The van der Waals surface area contributed by atoms with Crippen molar-refractivity contribution in [3.63, 3.8) is 0 Å². The monoisotopic (exact) mass is 575 g/mol. The number of carboxylic acids is 1. The number of nitrogens with zero attached hydrogens (tertiary/aromatic N) is 5. The molecule has 2 aromatic carbocycles. The Morgan fingerprint density at radius 3 is 2.35 bits per heavy atom. The normalized spacial score (nSPS) is 19.5. The highest BCUT2D eigenvalue weighted by molar-refractivity contribution is 5.94. The molecule has 8 nitrogen and oxygen atoms in total. The van der Waals surface area contributed by atoms with Gasteiger partial charge in [-0.2, -0.15) is 5.10 Å². The number of hydrogen-bond donors (Lipinski definition) is 2. The highest BCUT2D eigenvalue weighted by Crippen LogP contribution is 2.47. The lowest BCUT2D eigenvalue weighted by molar-refractivity contribution is -0.142. The topological polar surface area (TPSA) is 106 Å². The highest BCUT2D eigenvalue weighted by Gasteiger charge is 2.33. The van der Waals surface area contributed by atoms with Crippen LogP contribution in [0.4, 0.5) is 0 Å². The SMILES string of the molecule is Cc1nc(C2CCC(C(=O)O)CC2)ccc1-c1nc(-c2cccc3nn(C[C@H](O)c4ccccc4)cc23)c(C2CC2)n1C. The second kappa shape index (κ2) is 11.1. The first-order chi connectivity index (χ1) is 20.9. The summed E-state index contributed by atoms with van der Waals surface area (Å²) in [5.74, 6) is 0.781. The molecule has 0 bridgehead atoms. The zero-order valence-corrected chi connectivity index (χ0v) is 24.6. The molecule has 2 aliphatic carbocycles. The Bertz CT molecular complexity index is 1800. The lowest BCUT2D eigenvalue weighted by Crippen LogP contribution is -2.21. The fourth-order valence-corrected chi connectivity index (χ4v) is 6.80. The van der Waals surface area contributed by atoms with E-state index in [0.717, 1.165) is 76.2 Å². The molecule has 8 heteroatoms. The molecular formula is C35H37N5O3. The molecule has 3 heterocycles. The second-order valence-electron chi connectivity index (χ2n) is 12.3. The van der Waals surface area contributed by atoms with Crippen LogP contribution in [0.2, 0.25) is 0 Å².